The van der Waals surface area contributed by atoms with Gasteiger partial charge in [0.05, 0.1) is 40.9 Å². The van der Waals surface area contributed by atoms with Gasteiger partial charge < -0.3 is 30.5 Å². The number of methoxy groups -OCH3 is 2. The van der Waals surface area contributed by atoms with Gasteiger partial charge in [0.15, 0.2) is 5.78 Å². The van der Waals surface area contributed by atoms with Gasteiger partial charge in [0.2, 0.25) is 11.8 Å². The number of thiazole rings is 1. The van der Waals surface area contributed by atoms with Gasteiger partial charge in [-0.3, -0.25) is 23.4 Å². The highest BCUT2D eigenvalue weighted by atomic mass is 32.2. The minimum atomic E-state index is -4.74. The van der Waals surface area contributed by atoms with Crippen LogP contribution in [0.2, 0.25) is 0 Å². The number of aromatic nitrogens is 1. The van der Waals surface area contributed by atoms with Crippen molar-refractivity contribution < 1.29 is 59.5 Å². The molecule has 1 unspecified atom stereocenters. The van der Waals surface area contributed by atoms with Crippen molar-refractivity contribution in [2.75, 3.05) is 34.0 Å². The number of Topliss-reactive ketones (excluding diaryl/α,β-unsaturated/α-hetero) is 1. The normalized spacial score (nSPS) is 14.8. The SMILES string of the molecule is COC[C@H](NC(=O)c1cnc(C)s1)C(=O)N[C@H](COC)C(=O)N[C@@H](Cc1ccccc1)C(=O)C(C)(O)COS(=O)(=O)c1ccc(C(F)(F)F)cc1. The first-order valence-corrected chi connectivity index (χ1v) is 17.3. The molecule has 3 aromatic rings. The van der Waals surface area contributed by atoms with E-state index in [1.165, 1.54) is 20.4 Å². The van der Waals surface area contributed by atoms with Gasteiger partial charge in [-0.2, -0.15) is 21.6 Å². The molecule has 0 radical (unpaired) electrons. The number of carbonyl (C=O) groups is 4. The van der Waals surface area contributed by atoms with Gasteiger partial charge in [-0.25, -0.2) is 4.98 Å². The molecule has 0 aliphatic rings. The lowest BCUT2D eigenvalue weighted by Gasteiger charge is -2.29. The summed E-state index contributed by atoms with van der Waals surface area (Å²) in [5.41, 5.74) is -3.14. The Kier molecular flexibility index (Phi) is 14.3. The van der Waals surface area contributed by atoms with E-state index in [-0.39, 0.29) is 17.9 Å². The second kappa shape index (κ2) is 17.8. The van der Waals surface area contributed by atoms with Crippen LogP contribution < -0.4 is 16.0 Å². The predicted octanol–water partition coefficient (Wildman–Crippen LogP) is 1.80. The van der Waals surface area contributed by atoms with Crippen LogP contribution in [0.3, 0.4) is 0 Å². The second-order valence-electron chi connectivity index (χ2n) is 11.4. The molecule has 0 aliphatic heterocycles. The highest BCUT2D eigenvalue weighted by Gasteiger charge is 2.40. The summed E-state index contributed by atoms with van der Waals surface area (Å²) in [5.74, 6) is -3.46. The van der Waals surface area contributed by atoms with Crippen LogP contribution in [0.25, 0.3) is 0 Å². The van der Waals surface area contributed by atoms with Gasteiger partial charge in [0.25, 0.3) is 16.0 Å². The fraction of sp³-hybridized carbons (Fsp3) is 0.406. The topological polar surface area (TPSA) is 199 Å². The number of ether oxygens (including phenoxy) is 2. The first-order valence-electron chi connectivity index (χ1n) is 15.1. The Bertz CT molecular complexity index is 1770. The van der Waals surface area contributed by atoms with Crippen molar-refractivity contribution in [1.29, 1.82) is 0 Å². The molecule has 14 nitrogen and oxygen atoms in total. The number of nitrogens with one attached hydrogen (secondary N) is 3. The standard InChI is InChI=1S/C32H37F3N4O10S2/c1-19-36-15-26(50-19)30(43)39-25(17-48-4)29(42)38-24(16-47-3)28(41)37-23(14-20-8-6-5-7-9-20)27(40)31(2,44)18-49-51(45,46)22-12-10-21(11-13-22)32(33,34)35/h5-13,15,23-25,44H,14,16-18H2,1-4H3,(H,37,41)(H,38,42)(H,39,43)/t23-,24+,25-,31?/m0/s1. The van der Waals surface area contributed by atoms with Crippen LogP contribution >= 0.6 is 11.3 Å². The van der Waals surface area contributed by atoms with Crippen molar-refractivity contribution in [3.8, 4) is 0 Å². The molecular formula is C32H37F3N4O10S2. The number of aliphatic hydroxyl groups is 1. The average molecular weight is 759 g/mol. The number of rotatable bonds is 18. The van der Waals surface area contributed by atoms with E-state index in [0.29, 0.717) is 34.8 Å². The minimum Gasteiger partial charge on any atom is -0.382 e. The summed E-state index contributed by atoms with van der Waals surface area (Å²) in [6, 6.07) is 6.46. The molecule has 0 bridgehead atoms. The molecule has 0 spiro atoms. The first kappa shape index (κ1) is 41.2. The summed E-state index contributed by atoms with van der Waals surface area (Å²) >= 11 is 1.10. The fourth-order valence-corrected chi connectivity index (χ4v) is 6.19. The molecule has 1 aromatic heterocycles. The highest BCUT2D eigenvalue weighted by molar-refractivity contribution is 7.86. The van der Waals surface area contributed by atoms with Crippen LogP contribution in [0.15, 0.2) is 65.7 Å². The van der Waals surface area contributed by atoms with Gasteiger partial charge in [0.1, 0.15) is 29.2 Å². The lowest BCUT2D eigenvalue weighted by atomic mass is 9.91. The summed E-state index contributed by atoms with van der Waals surface area (Å²) in [6.07, 6.45) is -3.57. The van der Waals surface area contributed by atoms with Crippen molar-refractivity contribution in [1.82, 2.24) is 20.9 Å². The number of ketones is 1. The van der Waals surface area contributed by atoms with Crippen molar-refractivity contribution in [3.05, 3.63) is 81.8 Å². The quantitative estimate of drug-likeness (QED) is 0.138. The zero-order valence-corrected chi connectivity index (χ0v) is 29.5. The number of amides is 3. The number of halogens is 3. The zero-order valence-electron chi connectivity index (χ0n) is 27.9. The lowest BCUT2D eigenvalue weighted by molar-refractivity contribution is -0.143. The Balaban J connectivity index is 1.79. The smallest absolute Gasteiger partial charge is 0.382 e. The van der Waals surface area contributed by atoms with E-state index in [4.69, 9.17) is 13.7 Å². The summed E-state index contributed by atoms with van der Waals surface area (Å²) in [4.78, 5) is 56.8. The van der Waals surface area contributed by atoms with Gasteiger partial charge >= 0.3 is 6.18 Å². The van der Waals surface area contributed by atoms with E-state index in [1.54, 1.807) is 37.3 Å². The van der Waals surface area contributed by atoms with Crippen LogP contribution in [0, 0.1) is 6.92 Å². The van der Waals surface area contributed by atoms with Gasteiger partial charge in [-0.05, 0) is 50.1 Å². The van der Waals surface area contributed by atoms with Crippen LogP contribution in [0.4, 0.5) is 13.2 Å². The van der Waals surface area contributed by atoms with Crippen molar-refractivity contribution in [3.63, 3.8) is 0 Å². The van der Waals surface area contributed by atoms with E-state index < -0.39 is 87.2 Å². The third-order valence-electron chi connectivity index (χ3n) is 7.18. The number of hydrogen-bond acceptors (Lipinski definition) is 12. The number of carbonyl (C=O) groups excluding carboxylic acids is 4. The molecule has 4 atom stereocenters. The molecule has 51 heavy (non-hydrogen) atoms. The molecule has 19 heteroatoms. The van der Waals surface area contributed by atoms with E-state index in [9.17, 15) is 45.9 Å². The van der Waals surface area contributed by atoms with Crippen molar-refractivity contribution in [2.45, 2.75) is 55.1 Å². The van der Waals surface area contributed by atoms with E-state index in [1.807, 2.05) is 0 Å². The first-order chi connectivity index (χ1) is 23.9. The highest BCUT2D eigenvalue weighted by Crippen LogP contribution is 2.30. The number of hydrogen-bond donors (Lipinski definition) is 4. The average Bonchev–Trinajstić information content (AvgIpc) is 3.52. The predicted molar refractivity (Wildman–Crippen MR) is 176 cm³/mol. The second-order valence-corrected chi connectivity index (χ2v) is 14.2. The molecule has 0 aliphatic carbocycles. The summed E-state index contributed by atoms with van der Waals surface area (Å²) < 4.78 is 79.3. The van der Waals surface area contributed by atoms with E-state index >= 15 is 0 Å². The monoisotopic (exact) mass is 758 g/mol. The molecule has 0 fully saturated rings. The van der Waals surface area contributed by atoms with Crippen LogP contribution in [0.5, 0.6) is 0 Å². The van der Waals surface area contributed by atoms with Crippen LogP contribution in [0.1, 0.15) is 32.7 Å². The molecule has 3 rings (SSSR count). The molecule has 3 amide bonds. The zero-order chi connectivity index (χ0) is 38.0. The van der Waals surface area contributed by atoms with E-state index in [2.05, 4.69) is 20.9 Å². The maximum Gasteiger partial charge on any atom is 0.416 e. The van der Waals surface area contributed by atoms with Crippen molar-refractivity contribution >= 4 is 45.0 Å². The maximum absolute atomic E-state index is 13.7. The minimum absolute atomic E-state index is 0.197. The molecule has 0 saturated carbocycles. The Hall–Kier alpha value is -4.27. The van der Waals surface area contributed by atoms with Gasteiger partial charge in [-0.1, -0.05) is 30.3 Å². The van der Waals surface area contributed by atoms with Crippen LogP contribution in [-0.2, 0) is 50.8 Å². The number of aryl methyl sites for hydroxylation is 1. The molecule has 0 saturated heterocycles. The summed E-state index contributed by atoms with van der Waals surface area (Å²) in [7, 11) is -2.20. The van der Waals surface area contributed by atoms with Gasteiger partial charge in [0, 0.05) is 14.2 Å². The molecule has 278 valence electrons. The third-order valence-corrected chi connectivity index (χ3v) is 9.37. The summed E-state index contributed by atoms with van der Waals surface area (Å²) in [6.45, 7) is 0.813. The fourth-order valence-electron chi connectivity index (χ4n) is 4.52. The Morgan fingerprint density at radius 3 is 1.94 bits per heavy atom. The third kappa shape index (κ3) is 11.9. The Labute approximate surface area is 295 Å². The number of nitrogens with zero attached hydrogens (tertiary/aromatic N) is 1. The van der Waals surface area contributed by atoms with Crippen molar-refractivity contribution in [2.24, 2.45) is 0 Å². The Morgan fingerprint density at radius 2 is 1.43 bits per heavy atom. The Morgan fingerprint density at radius 1 is 0.882 bits per heavy atom. The van der Waals surface area contributed by atoms with Crippen LogP contribution in [-0.4, -0.2) is 99.8 Å². The molecule has 4 N–H and O–H groups in total. The molecule has 2 aromatic carbocycles. The molecule has 1 heterocycles. The van der Waals surface area contributed by atoms with Gasteiger partial charge in [-0.15, -0.1) is 11.3 Å². The lowest BCUT2D eigenvalue weighted by Crippen LogP contribution is -2.60. The maximum atomic E-state index is 13.7. The largest absolute Gasteiger partial charge is 0.416 e. The molecular weight excluding hydrogens is 721 g/mol. The van der Waals surface area contributed by atoms with E-state index in [0.717, 1.165) is 18.3 Å². The number of benzene rings is 2. The number of alkyl halides is 3. The summed E-state index contributed by atoms with van der Waals surface area (Å²) in [5, 5.41) is 19.2.